The Hall–Kier alpha value is -1.62. The number of aryl methyl sites for hydroxylation is 1. The van der Waals surface area contributed by atoms with Gasteiger partial charge in [-0.15, -0.1) is 0 Å². The van der Waals surface area contributed by atoms with Crippen LogP contribution in [-0.4, -0.2) is 28.0 Å². The number of halogens is 1. The number of carbonyl (C=O) groups is 2. The highest BCUT2D eigenvalue weighted by Crippen LogP contribution is 2.48. The smallest absolute Gasteiger partial charge is 0.308 e. The molecule has 2 N–H and O–H groups in total. The van der Waals surface area contributed by atoms with Gasteiger partial charge in [0.15, 0.2) is 0 Å². The van der Waals surface area contributed by atoms with Gasteiger partial charge < -0.3 is 10.4 Å². The largest absolute Gasteiger partial charge is 0.481 e. The number of hydrogen-bond acceptors (Lipinski definition) is 3. The molecule has 2 aliphatic rings. The lowest BCUT2D eigenvalue weighted by Crippen LogP contribution is -2.46. The highest BCUT2D eigenvalue weighted by atomic mass is 35.5. The molecule has 112 valence electrons. The molecule has 2 aliphatic carbocycles. The van der Waals surface area contributed by atoms with Crippen molar-refractivity contribution in [2.75, 3.05) is 0 Å². The summed E-state index contributed by atoms with van der Waals surface area (Å²) in [4.78, 5) is 27.8. The fourth-order valence-corrected chi connectivity index (χ4v) is 4.10. The molecule has 5 nitrogen and oxygen atoms in total. The molecular formula is C15H17ClN2O3. The van der Waals surface area contributed by atoms with E-state index in [1.54, 1.807) is 13.0 Å². The summed E-state index contributed by atoms with van der Waals surface area (Å²) in [5.74, 6) is -1.08. The van der Waals surface area contributed by atoms with Crippen LogP contribution >= 0.6 is 11.6 Å². The van der Waals surface area contributed by atoms with Gasteiger partial charge in [0.05, 0.1) is 5.92 Å². The van der Waals surface area contributed by atoms with Crippen molar-refractivity contribution in [3.05, 3.63) is 28.5 Å². The summed E-state index contributed by atoms with van der Waals surface area (Å²) in [6.07, 6.45) is 2.85. The zero-order valence-corrected chi connectivity index (χ0v) is 12.4. The molecule has 0 saturated heterocycles. The molecule has 0 spiro atoms. The fourth-order valence-electron chi connectivity index (χ4n) is 3.85. The van der Waals surface area contributed by atoms with E-state index in [0.717, 1.165) is 19.3 Å². The molecule has 2 bridgehead atoms. The highest BCUT2D eigenvalue weighted by Gasteiger charge is 2.51. The van der Waals surface area contributed by atoms with Crippen LogP contribution in [0.15, 0.2) is 12.1 Å². The third-order valence-electron chi connectivity index (χ3n) is 4.68. The van der Waals surface area contributed by atoms with E-state index >= 15 is 0 Å². The number of aromatic nitrogens is 1. The average Bonchev–Trinajstić information content (AvgIpc) is 2.97. The van der Waals surface area contributed by atoms with Crippen LogP contribution < -0.4 is 5.32 Å². The molecule has 1 amide bonds. The minimum absolute atomic E-state index is 0.195. The number of pyridine rings is 1. The molecule has 1 heterocycles. The van der Waals surface area contributed by atoms with Crippen molar-refractivity contribution in [2.45, 2.75) is 32.2 Å². The summed E-state index contributed by atoms with van der Waals surface area (Å²) in [7, 11) is 0. The Bertz CT molecular complexity index is 584. The van der Waals surface area contributed by atoms with E-state index in [-0.39, 0.29) is 28.9 Å². The van der Waals surface area contributed by atoms with Crippen molar-refractivity contribution in [3.63, 3.8) is 0 Å². The Balaban J connectivity index is 1.79. The third kappa shape index (κ3) is 2.62. The van der Waals surface area contributed by atoms with Crippen LogP contribution in [0.2, 0.25) is 5.15 Å². The molecule has 21 heavy (non-hydrogen) atoms. The SMILES string of the molecule is Cc1cc(C(=O)NC2C3CCC(C3)C2C(=O)O)cc(Cl)n1. The standard InChI is InChI=1S/C15H17ClN2O3/c1-7-4-10(6-11(16)17-7)14(19)18-13-9-3-2-8(5-9)12(13)15(20)21/h4,6,8-9,12-13H,2-3,5H2,1H3,(H,18,19)(H,20,21). The third-order valence-corrected chi connectivity index (χ3v) is 4.88. The van der Waals surface area contributed by atoms with Crippen molar-refractivity contribution >= 4 is 23.5 Å². The molecule has 0 aliphatic heterocycles. The summed E-state index contributed by atoms with van der Waals surface area (Å²) in [6, 6.07) is 2.89. The first-order valence-electron chi connectivity index (χ1n) is 7.13. The second kappa shape index (κ2) is 5.30. The summed E-state index contributed by atoms with van der Waals surface area (Å²) < 4.78 is 0. The number of aliphatic carboxylic acids is 1. The number of hydrogen-bond donors (Lipinski definition) is 2. The molecule has 0 aromatic carbocycles. The van der Waals surface area contributed by atoms with Crippen LogP contribution in [0.1, 0.15) is 35.3 Å². The number of carboxylic acids is 1. The van der Waals surface area contributed by atoms with E-state index in [4.69, 9.17) is 11.6 Å². The molecule has 2 saturated carbocycles. The number of amides is 1. The molecule has 4 atom stereocenters. The lowest BCUT2D eigenvalue weighted by atomic mass is 9.84. The van der Waals surface area contributed by atoms with E-state index in [9.17, 15) is 14.7 Å². The molecule has 6 heteroatoms. The van der Waals surface area contributed by atoms with Crippen LogP contribution in [0.4, 0.5) is 0 Å². The van der Waals surface area contributed by atoms with E-state index in [1.807, 2.05) is 0 Å². The average molecular weight is 309 g/mol. The van der Waals surface area contributed by atoms with Crippen LogP contribution in [0.5, 0.6) is 0 Å². The first-order valence-corrected chi connectivity index (χ1v) is 7.51. The summed E-state index contributed by atoms with van der Waals surface area (Å²) >= 11 is 5.87. The Labute approximate surface area is 127 Å². The van der Waals surface area contributed by atoms with Gasteiger partial charge in [-0.3, -0.25) is 9.59 Å². The number of carboxylic acid groups (broad SMARTS) is 1. The normalized spacial score (nSPS) is 30.4. The molecular weight excluding hydrogens is 292 g/mol. The second-order valence-corrected chi connectivity index (χ2v) is 6.40. The first-order chi connectivity index (χ1) is 9.95. The van der Waals surface area contributed by atoms with Crippen molar-refractivity contribution in [3.8, 4) is 0 Å². The maximum atomic E-state index is 12.4. The lowest BCUT2D eigenvalue weighted by molar-refractivity contribution is -0.144. The van der Waals surface area contributed by atoms with Crippen molar-refractivity contribution in [2.24, 2.45) is 17.8 Å². The van der Waals surface area contributed by atoms with E-state index in [0.29, 0.717) is 11.3 Å². The predicted molar refractivity (Wildman–Crippen MR) is 77.2 cm³/mol. The minimum atomic E-state index is -0.809. The number of carbonyl (C=O) groups excluding carboxylic acids is 1. The molecule has 1 aromatic heterocycles. The van der Waals surface area contributed by atoms with Gasteiger partial charge in [-0.25, -0.2) is 4.98 Å². The maximum Gasteiger partial charge on any atom is 0.308 e. The van der Waals surface area contributed by atoms with Crippen molar-refractivity contribution in [1.29, 1.82) is 0 Å². The van der Waals surface area contributed by atoms with Gasteiger partial charge in [0.25, 0.3) is 5.91 Å². The van der Waals surface area contributed by atoms with E-state index in [1.165, 1.54) is 6.07 Å². The molecule has 3 rings (SSSR count). The van der Waals surface area contributed by atoms with Gasteiger partial charge >= 0.3 is 5.97 Å². The highest BCUT2D eigenvalue weighted by molar-refractivity contribution is 6.29. The zero-order valence-electron chi connectivity index (χ0n) is 11.7. The summed E-state index contributed by atoms with van der Waals surface area (Å²) in [6.45, 7) is 1.76. The summed E-state index contributed by atoms with van der Waals surface area (Å²) in [5.41, 5.74) is 1.09. The molecule has 1 aromatic rings. The molecule has 4 unspecified atom stereocenters. The van der Waals surface area contributed by atoms with Gasteiger partial charge in [-0.1, -0.05) is 11.6 Å². The number of nitrogens with zero attached hydrogens (tertiary/aromatic N) is 1. The number of nitrogens with one attached hydrogen (secondary N) is 1. The van der Waals surface area contributed by atoms with Gasteiger partial charge in [0.2, 0.25) is 0 Å². The van der Waals surface area contributed by atoms with Crippen LogP contribution in [0.3, 0.4) is 0 Å². The van der Waals surface area contributed by atoms with E-state index < -0.39 is 11.9 Å². The Morgan fingerprint density at radius 2 is 2.05 bits per heavy atom. The van der Waals surface area contributed by atoms with Crippen LogP contribution in [-0.2, 0) is 4.79 Å². The van der Waals surface area contributed by atoms with Gasteiger partial charge in [-0.05, 0) is 50.2 Å². The topological polar surface area (TPSA) is 79.3 Å². The molecule has 2 fully saturated rings. The Morgan fingerprint density at radius 3 is 2.71 bits per heavy atom. The van der Waals surface area contributed by atoms with Crippen LogP contribution in [0, 0.1) is 24.7 Å². The second-order valence-electron chi connectivity index (χ2n) is 6.02. The molecule has 0 radical (unpaired) electrons. The predicted octanol–water partition coefficient (Wildman–Crippen LogP) is 2.27. The zero-order chi connectivity index (χ0) is 15.1. The Kier molecular flexibility index (Phi) is 3.61. The first kappa shape index (κ1) is 14.3. The number of rotatable bonds is 3. The van der Waals surface area contributed by atoms with Gasteiger partial charge in [0, 0.05) is 17.3 Å². The van der Waals surface area contributed by atoms with Crippen molar-refractivity contribution < 1.29 is 14.7 Å². The summed E-state index contributed by atoms with van der Waals surface area (Å²) in [5, 5.41) is 12.6. The monoisotopic (exact) mass is 308 g/mol. The minimum Gasteiger partial charge on any atom is -0.481 e. The fraction of sp³-hybridized carbons (Fsp3) is 0.533. The van der Waals surface area contributed by atoms with Crippen LogP contribution in [0.25, 0.3) is 0 Å². The van der Waals surface area contributed by atoms with Gasteiger partial charge in [-0.2, -0.15) is 0 Å². The lowest BCUT2D eigenvalue weighted by Gasteiger charge is -2.28. The van der Waals surface area contributed by atoms with Crippen molar-refractivity contribution in [1.82, 2.24) is 10.3 Å². The van der Waals surface area contributed by atoms with E-state index in [2.05, 4.69) is 10.3 Å². The quantitative estimate of drug-likeness (QED) is 0.840. The van der Waals surface area contributed by atoms with Gasteiger partial charge in [0.1, 0.15) is 5.15 Å². The Morgan fingerprint density at radius 1 is 1.33 bits per heavy atom. The number of fused-ring (bicyclic) bond motifs is 2. The maximum absolute atomic E-state index is 12.4.